The van der Waals surface area contributed by atoms with Gasteiger partial charge in [-0.1, -0.05) is 0 Å². The molecule has 1 aromatic heterocycles. The molecule has 2 amide bonds. The molecule has 3 heterocycles. The van der Waals surface area contributed by atoms with Gasteiger partial charge in [0, 0.05) is 51.2 Å². The highest BCUT2D eigenvalue weighted by atomic mass is 16.5. The highest BCUT2D eigenvalue weighted by Gasteiger charge is 2.26. The Balaban J connectivity index is 1.48. The molecule has 0 aromatic carbocycles. The number of carbonyl (C=O) groups is 2. The van der Waals surface area contributed by atoms with E-state index >= 15 is 0 Å². The third kappa shape index (κ3) is 4.10. The van der Waals surface area contributed by atoms with Crippen molar-refractivity contribution in [3.63, 3.8) is 0 Å². The Labute approximate surface area is 142 Å². The molecule has 0 N–H and O–H groups in total. The van der Waals surface area contributed by atoms with Gasteiger partial charge in [-0.3, -0.25) is 19.5 Å². The second-order valence-electron chi connectivity index (χ2n) is 6.25. The zero-order chi connectivity index (χ0) is 16.9. The zero-order valence-corrected chi connectivity index (χ0v) is 14.1. The number of morpholine rings is 1. The van der Waals surface area contributed by atoms with E-state index in [1.165, 1.54) is 0 Å². The van der Waals surface area contributed by atoms with Crippen molar-refractivity contribution >= 4 is 11.8 Å². The molecule has 130 valence electrons. The van der Waals surface area contributed by atoms with Crippen LogP contribution in [0.1, 0.15) is 16.1 Å². The minimum atomic E-state index is -0.0113. The maximum Gasteiger partial charge on any atom is 0.255 e. The fraction of sp³-hybridized carbons (Fsp3) is 0.588. The van der Waals surface area contributed by atoms with Crippen LogP contribution >= 0.6 is 0 Å². The third-order valence-electron chi connectivity index (χ3n) is 4.54. The van der Waals surface area contributed by atoms with Gasteiger partial charge in [0.05, 0.1) is 25.3 Å². The van der Waals surface area contributed by atoms with Gasteiger partial charge < -0.3 is 14.5 Å². The number of amides is 2. The largest absolute Gasteiger partial charge is 0.379 e. The predicted molar refractivity (Wildman–Crippen MR) is 88.7 cm³/mol. The lowest BCUT2D eigenvalue weighted by atomic mass is 10.2. The molecule has 2 aliphatic heterocycles. The van der Waals surface area contributed by atoms with E-state index in [0.29, 0.717) is 51.5 Å². The van der Waals surface area contributed by atoms with Crippen LogP contribution in [0.5, 0.6) is 0 Å². The average Bonchev–Trinajstić information content (AvgIpc) is 2.63. The monoisotopic (exact) mass is 332 g/mol. The molecule has 0 atom stereocenters. The van der Waals surface area contributed by atoms with Crippen LogP contribution in [0.15, 0.2) is 18.3 Å². The number of ether oxygens (including phenoxy) is 1. The van der Waals surface area contributed by atoms with Gasteiger partial charge in [0.2, 0.25) is 5.91 Å². The molecule has 7 heteroatoms. The Morgan fingerprint density at radius 3 is 2.33 bits per heavy atom. The van der Waals surface area contributed by atoms with Crippen molar-refractivity contribution in [3.05, 3.63) is 29.6 Å². The van der Waals surface area contributed by atoms with E-state index in [-0.39, 0.29) is 11.8 Å². The zero-order valence-electron chi connectivity index (χ0n) is 14.1. The molecule has 0 unspecified atom stereocenters. The lowest BCUT2D eigenvalue weighted by molar-refractivity contribution is -0.134. The first kappa shape index (κ1) is 16.9. The minimum absolute atomic E-state index is 0.0113. The van der Waals surface area contributed by atoms with Gasteiger partial charge in [-0.2, -0.15) is 0 Å². The SMILES string of the molecule is Cc1ccc(C(=O)N2CCN(C(=O)CN3CCOCC3)CC2)cn1. The summed E-state index contributed by atoms with van der Waals surface area (Å²) in [7, 11) is 0. The molecule has 2 fully saturated rings. The summed E-state index contributed by atoms with van der Waals surface area (Å²) in [6, 6.07) is 3.65. The van der Waals surface area contributed by atoms with Gasteiger partial charge in [0.25, 0.3) is 5.91 Å². The number of aromatic nitrogens is 1. The number of piperazine rings is 1. The molecular formula is C17H24N4O3. The van der Waals surface area contributed by atoms with Crippen LogP contribution < -0.4 is 0 Å². The molecule has 0 radical (unpaired) electrons. The lowest BCUT2D eigenvalue weighted by Crippen LogP contribution is -2.53. The quantitative estimate of drug-likeness (QED) is 0.780. The van der Waals surface area contributed by atoms with Crippen LogP contribution in [-0.2, 0) is 9.53 Å². The van der Waals surface area contributed by atoms with Crippen LogP contribution in [0, 0.1) is 6.92 Å². The number of pyridine rings is 1. The van der Waals surface area contributed by atoms with Gasteiger partial charge >= 0.3 is 0 Å². The number of carbonyl (C=O) groups excluding carboxylic acids is 2. The molecule has 0 saturated carbocycles. The summed E-state index contributed by atoms with van der Waals surface area (Å²) in [5.41, 5.74) is 1.50. The number of hydrogen-bond acceptors (Lipinski definition) is 5. The third-order valence-corrected chi connectivity index (χ3v) is 4.54. The second kappa shape index (κ2) is 7.72. The van der Waals surface area contributed by atoms with Crippen molar-refractivity contribution in [2.75, 3.05) is 59.0 Å². The Kier molecular flexibility index (Phi) is 5.42. The first-order valence-electron chi connectivity index (χ1n) is 8.43. The first-order valence-corrected chi connectivity index (χ1v) is 8.43. The minimum Gasteiger partial charge on any atom is -0.379 e. The van der Waals surface area contributed by atoms with Crippen molar-refractivity contribution in [1.82, 2.24) is 19.7 Å². The lowest BCUT2D eigenvalue weighted by Gasteiger charge is -2.36. The predicted octanol–water partition coefficient (Wildman–Crippen LogP) is 0.00662. The van der Waals surface area contributed by atoms with Crippen LogP contribution in [0.25, 0.3) is 0 Å². The fourth-order valence-corrected chi connectivity index (χ4v) is 2.99. The molecule has 1 aromatic rings. The van der Waals surface area contributed by atoms with E-state index in [0.717, 1.165) is 18.8 Å². The highest BCUT2D eigenvalue weighted by molar-refractivity contribution is 5.94. The topological polar surface area (TPSA) is 66.0 Å². The number of aryl methyl sites for hydroxylation is 1. The van der Waals surface area contributed by atoms with E-state index in [2.05, 4.69) is 9.88 Å². The summed E-state index contributed by atoms with van der Waals surface area (Å²) in [4.78, 5) is 34.8. The number of nitrogens with zero attached hydrogens (tertiary/aromatic N) is 4. The Bertz CT molecular complexity index is 576. The fourth-order valence-electron chi connectivity index (χ4n) is 2.99. The number of rotatable bonds is 3. The summed E-state index contributed by atoms with van der Waals surface area (Å²) in [6.45, 7) is 7.67. The first-order chi connectivity index (χ1) is 11.6. The second-order valence-corrected chi connectivity index (χ2v) is 6.25. The van der Waals surface area contributed by atoms with E-state index in [1.807, 2.05) is 17.9 Å². The van der Waals surface area contributed by atoms with Crippen molar-refractivity contribution in [1.29, 1.82) is 0 Å². The Hall–Kier alpha value is -1.99. The standard InChI is InChI=1S/C17H24N4O3/c1-14-2-3-15(12-18-14)17(23)21-6-4-20(5-7-21)16(22)13-19-8-10-24-11-9-19/h2-3,12H,4-11,13H2,1H3. The number of hydrogen-bond donors (Lipinski definition) is 0. The van der Waals surface area contributed by atoms with Crippen molar-refractivity contribution < 1.29 is 14.3 Å². The van der Waals surface area contributed by atoms with Gasteiger partial charge in [0.15, 0.2) is 0 Å². The van der Waals surface area contributed by atoms with Gasteiger partial charge in [-0.05, 0) is 19.1 Å². The van der Waals surface area contributed by atoms with Crippen LogP contribution in [0.3, 0.4) is 0 Å². The van der Waals surface area contributed by atoms with Gasteiger partial charge in [-0.25, -0.2) is 0 Å². The summed E-state index contributed by atoms with van der Waals surface area (Å²) in [6.07, 6.45) is 1.62. The van der Waals surface area contributed by atoms with Crippen molar-refractivity contribution in [2.24, 2.45) is 0 Å². The molecule has 24 heavy (non-hydrogen) atoms. The normalized spacial score (nSPS) is 19.4. The maximum atomic E-state index is 12.5. The maximum absolute atomic E-state index is 12.5. The Morgan fingerprint density at radius 1 is 1.04 bits per heavy atom. The molecule has 2 aliphatic rings. The highest BCUT2D eigenvalue weighted by Crippen LogP contribution is 2.09. The molecule has 2 saturated heterocycles. The van der Waals surface area contributed by atoms with Crippen molar-refractivity contribution in [2.45, 2.75) is 6.92 Å². The molecule has 0 spiro atoms. The smallest absolute Gasteiger partial charge is 0.255 e. The molecule has 0 bridgehead atoms. The van der Waals surface area contributed by atoms with Crippen molar-refractivity contribution in [3.8, 4) is 0 Å². The summed E-state index contributed by atoms with van der Waals surface area (Å²) in [5, 5.41) is 0. The average molecular weight is 332 g/mol. The van der Waals surface area contributed by atoms with E-state index < -0.39 is 0 Å². The molecule has 3 rings (SSSR count). The molecular weight excluding hydrogens is 308 g/mol. The Morgan fingerprint density at radius 2 is 1.71 bits per heavy atom. The summed E-state index contributed by atoms with van der Waals surface area (Å²) >= 11 is 0. The van der Waals surface area contributed by atoms with E-state index in [4.69, 9.17) is 4.74 Å². The van der Waals surface area contributed by atoms with Crippen LogP contribution in [0.4, 0.5) is 0 Å². The van der Waals surface area contributed by atoms with E-state index in [9.17, 15) is 9.59 Å². The van der Waals surface area contributed by atoms with Gasteiger partial charge in [0.1, 0.15) is 0 Å². The summed E-state index contributed by atoms with van der Waals surface area (Å²) in [5.74, 6) is 0.128. The van der Waals surface area contributed by atoms with E-state index in [1.54, 1.807) is 17.2 Å². The van der Waals surface area contributed by atoms with Crippen LogP contribution in [-0.4, -0.2) is 90.5 Å². The van der Waals surface area contributed by atoms with Gasteiger partial charge in [-0.15, -0.1) is 0 Å². The molecule has 7 nitrogen and oxygen atoms in total. The summed E-state index contributed by atoms with van der Waals surface area (Å²) < 4.78 is 5.30. The van der Waals surface area contributed by atoms with Crippen LogP contribution in [0.2, 0.25) is 0 Å². The molecule has 0 aliphatic carbocycles.